The summed E-state index contributed by atoms with van der Waals surface area (Å²) in [7, 11) is 1.47. The highest BCUT2D eigenvalue weighted by atomic mass is 16.5. The zero-order valence-corrected chi connectivity index (χ0v) is 11.1. The molecule has 0 spiro atoms. The minimum atomic E-state index is 0.161. The van der Waals surface area contributed by atoms with Crippen LogP contribution in [0.2, 0.25) is 0 Å². The van der Waals surface area contributed by atoms with Crippen LogP contribution in [0.25, 0.3) is 5.95 Å². The second kappa shape index (κ2) is 5.57. The zero-order valence-electron chi connectivity index (χ0n) is 11.1. The van der Waals surface area contributed by atoms with Crippen molar-refractivity contribution in [3.63, 3.8) is 0 Å². The van der Waals surface area contributed by atoms with E-state index in [0.29, 0.717) is 12.4 Å². The lowest BCUT2D eigenvalue weighted by molar-refractivity contribution is 0.377. The van der Waals surface area contributed by atoms with Gasteiger partial charge in [-0.25, -0.2) is 10.8 Å². The average molecular weight is 264 g/mol. The summed E-state index contributed by atoms with van der Waals surface area (Å²) >= 11 is 0. The Balaban J connectivity index is 2.53. The molecule has 2 heterocycles. The predicted molar refractivity (Wildman–Crippen MR) is 67.9 cm³/mol. The van der Waals surface area contributed by atoms with Gasteiger partial charge in [-0.1, -0.05) is 13.8 Å². The van der Waals surface area contributed by atoms with Crippen LogP contribution in [0.5, 0.6) is 6.01 Å². The molecule has 0 fully saturated rings. The molecule has 0 aliphatic heterocycles. The summed E-state index contributed by atoms with van der Waals surface area (Å²) < 4.78 is 6.58. The first-order valence-corrected chi connectivity index (χ1v) is 5.93. The molecule has 19 heavy (non-hydrogen) atoms. The van der Waals surface area contributed by atoms with Crippen molar-refractivity contribution >= 4 is 5.95 Å². The molecule has 9 heteroatoms. The van der Waals surface area contributed by atoms with Gasteiger partial charge in [0.25, 0.3) is 5.95 Å². The van der Waals surface area contributed by atoms with Gasteiger partial charge in [0, 0.05) is 12.8 Å². The van der Waals surface area contributed by atoms with Crippen molar-refractivity contribution in [3.05, 3.63) is 11.6 Å². The summed E-state index contributed by atoms with van der Waals surface area (Å²) in [5.41, 5.74) is 2.37. The van der Waals surface area contributed by atoms with E-state index < -0.39 is 0 Å². The molecule has 0 unspecified atom stereocenters. The fourth-order valence-electron chi connectivity index (χ4n) is 1.53. The molecule has 0 aromatic carbocycles. The quantitative estimate of drug-likeness (QED) is 0.566. The average Bonchev–Trinajstić information content (AvgIpc) is 2.90. The number of rotatable bonds is 5. The van der Waals surface area contributed by atoms with Gasteiger partial charge in [0.15, 0.2) is 5.82 Å². The topological polar surface area (TPSA) is 117 Å². The first-order chi connectivity index (χ1) is 9.21. The third kappa shape index (κ3) is 2.60. The molecule has 0 saturated heterocycles. The SMILES string of the molecule is CCc1nc(CC)n(-c2nc(NN)nc(OC)n2)n1. The number of ether oxygens (including phenoxy) is 1. The smallest absolute Gasteiger partial charge is 0.322 e. The molecule has 2 aromatic rings. The first-order valence-electron chi connectivity index (χ1n) is 5.93. The normalized spacial score (nSPS) is 10.5. The van der Waals surface area contributed by atoms with Crippen LogP contribution in [-0.4, -0.2) is 36.8 Å². The fraction of sp³-hybridized carbons (Fsp3) is 0.500. The third-order valence-electron chi connectivity index (χ3n) is 2.45. The Bertz CT molecular complexity index is 544. The molecule has 0 atom stereocenters. The second-order valence-corrected chi connectivity index (χ2v) is 3.65. The van der Waals surface area contributed by atoms with Crippen LogP contribution in [0.15, 0.2) is 0 Å². The number of hydrazine groups is 1. The van der Waals surface area contributed by atoms with Gasteiger partial charge in [-0.2, -0.15) is 19.6 Å². The number of nitrogens with two attached hydrogens (primary N) is 1. The van der Waals surface area contributed by atoms with Crippen molar-refractivity contribution in [2.24, 2.45) is 5.84 Å². The zero-order chi connectivity index (χ0) is 13.8. The third-order valence-corrected chi connectivity index (χ3v) is 2.45. The Morgan fingerprint density at radius 2 is 1.95 bits per heavy atom. The Morgan fingerprint density at radius 1 is 1.16 bits per heavy atom. The van der Waals surface area contributed by atoms with Crippen LogP contribution in [0.4, 0.5) is 5.95 Å². The van der Waals surface area contributed by atoms with Crippen LogP contribution in [-0.2, 0) is 12.8 Å². The number of methoxy groups -OCH3 is 1. The largest absolute Gasteiger partial charge is 0.467 e. The van der Waals surface area contributed by atoms with E-state index in [2.05, 4.69) is 30.5 Å². The van der Waals surface area contributed by atoms with E-state index in [1.54, 1.807) is 4.68 Å². The van der Waals surface area contributed by atoms with E-state index in [1.807, 2.05) is 13.8 Å². The van der Waals surface area contributed by atoms with Crippen molar-refractivity contribution in [2.45, 2.75) is 26.7 Å². The van der Waals surface area contributed by atoms with Crippen LogP contribution in [0.1, 0.15) is 25.5 Å². The van der Waals surface area contributed by atoms with Crippen molar-refractivity contribution < 1.29 is 4.74 Å². The van der Waals surface area contributed by atoms with Crippen molar-refractivity contribution in [3.8, 4) is 12.0 Å². The molecule has 102 valence electrons. The number of aryl methyl sites for hydroxylation is 2. The number of hydrogen-bond donors (Lipinski definition) is 2. The minimum absolute atomic E-state index is 0.161. The summed E-state index contributed by atoms with van der Waals surface area (Å²) in [5.74, 6) is 7.35. The highest BCUT2D eigenvalue weighted by Crippen LogP contribution is 2.12. The van der Waals surface area contributed by atoms with E-state index in [9.17, 15) is 0 Å². The van der Waals surface area contributed by atoms with E-state index in [-0.39, 0.29) is 12.0 Å². The van der Waals surface area contributed by atoms with Gasteiger partial charge in [0.2, 0.25) is 5.95 Å². The molecule has 3 N–H and O–H groups in total. The van der Waals surface area contributed by atoms with E-state index in [0.717, 1.165) is 18.1 Å². The predicted octanol–water partition coefficient (Wildman–Crippen LogP) is -0.129. The molecule has 0 bridgehead atoms. The number of nitrogen functional groups attached to an aromatic ring is 1. The van der Waals surface area contributed by atoms with E-state index in [1.165, 1.54) is 7.11 Å². The second-order valence-electron chi connectivity index (χ2n) is 3.65. The fourth-order valence-corrected chi connectivity index (χ4v) is 1.53. The van der Waals surface area contributed by atoms with Gasteiger partial charge in [-0.15, -0.1) is 5.10 Å². The van der Waals surface area contributed by atoms with Gasteiger partial charge >= 0.3 is 6.01 Å². The highest BCUT2D eigenvalue weighted by molar-refractivity contribution is 5.29. The number of nitrogens with one attached hydrogen (secondary N) is 1. The van der Waals surface area contributed by atoms with Gasteiger partial charge in [-0.05, 0) is 0 Å². The minimum Gasteiger partial charge on any atom is -0.467 e. The number of hydrogen-bond acceptors (Lipinski definition) is 8. The van der Waals surface area contributed by atoms with Gasteiger partial charge in [-0.3, -0.25) is 5.43 Å². The lowest BCUT2D eigenvalue weighted by Crippen LogP contribution is -2.15. The summed E-state index contributed by atoms with van der Waals surface area (Å²) in [6.07, 6.45) is 1.45. The summed E-state index contributed by atoms with van der Waals surface area (Å²) in [6, 6.07) is 0.161. The first kappa shape index (κ1) is 13.1. The van der Waals surface area contributed by atoms with Crippen molar-refractivity contribution in [1.82, 2.24) is 29.7 Å². The molecule has 2 aromatic heterocycles. The van der Waals surface area contributed by atoms with Crippen molar-refractivity contribution in [1.29, 1.82) is 0 Å². The van der Waals surface area contributed by atoms with Crippen LogP contribution in [0.3, 0.4) is 0 Å². The number of aromatic nitrogens is 6. The lowest BCUT2D eigenvalue weighted by atomic mass is 10.4. The lowest BCUT2D eigenvalue weighted by Gasteiger charge is -2.06. The molecule has 9 nitrogen and oxygen atoms in total. The Morgan fingerprint density at radius 3 is 2.53 bits per heavy atom. The Labute approximate surface area is 110 Å². The standard InChI is InChI=1S/C10H16N8O/c1-4-6-12-7(5-2)18(17-6)9-13-8(16-11)14-10(15-9)19-3/h4-5,11H2,1-3H3,(H,13,14,15,16). The summed E-state index contributed by atoms with van der Waals surface area (Å²) in [4.78, 5) is 16.6. The summed E-state index contributed by atoms with van der Waals surface area (Å²) in [5, 5.41) is 4.35. The maximum absolute atomic E-state index is 5.32. The van der Waals surface area contributed by atoms with E-state index >= 15 is 0 Å². The molecule has 0 saturated carbocycles. The molecule has 0 radical (unpaired) electrons. The monoisotopic (exact) mass is 264 g/mol. The molecular formula is C10H16N8O. The van der Waals surface area contributed by atoms with Crippen LogP contribution >= 0.6 is 0 Å². The Hall–Kier alpha value is -2.29. The van der Waals surface area contributed by atoms with Gasteiger partial charge in [0.1, 0.15) is 5.82 Å². The maximum Gasteiger partial charge on any atom is 0.322 e. The molecular weight excluding hydrogens is 248 g/mol. The highest BCUT2D eigenvalue weighted by Gasteiger charge is 2.14. The van der Waals surface area contributed by atoms with Gasteiger partial charge < -0.3 is 4.74 Å². The van der Waals surface area contributed by atoms with Crippen LogP contribution in [0, 0.1) is 0 Å². The number of nitrogens with zero attached hydrogens (tertiary/aromatic N) is 6. The Kier molecular flexibility index (Phi) is 3.85. The number of anilines is 1. The molecule has 2 rings (SSSR count). The molecule has 0 amide bonds. The summed E-state index contributed by atoms with van der Waals surface area (Å²) in [6.45, 7) is 3.97. The van der Waals surface area contributed by atoms with Crippen LogP contribution < -0.4 is 16.0 Å². The van der Waals surface area contributed by atoms with Crippen molar-refractivity contribution in [2.75, 3.05) is 12.5 Å². The van der Waals surface area contributed by atoms with E-state index in [4.69, 9.17) is 10.6 Å². The maximum atomic E-state index is 5.32. The molecule has 0 aliphatic rings. The van der Waals surface area contributed by atoms with Gasteiger partial charge in [0.05, 0.1) is 7.11 Å². The molecule has 0 aliphatic carbocycles.